The molecule has 1 rings (SSSR count). The minimum atomic E-state index is -0.634. The number of hydrogen-bond acceptors (Lipinski definition) is 4. The maximum absolute atomic E-state index is 11.4. The summed E-state index contributed by atoms with van der Waals surface area (Å²) in [6.45, 7) is 1.57. The molecule has 0 saturated heterocycles. The lowest BCUT2D eigenvalue weighted by Crippen LogP contribution is -2.39. The molecule has 6 nitrogen and oxygen atoms in total. The second-order valence-electron chi connectivity index (χ2n) is 3.07. The second-order valence-corrected chi connectivity index (χ2v) is 3.07. The standard InChI is InChI=1S/C9H13N3O3/c1-6(9(14)15-2)11-8(13)5-7-3-4-10-12-7/h3-4,6H,5H2,1-2H3,(H,10,12)(H,11,13). The molecule has 0 bridgehead atoms. The summed E-state index contributed by atoms with van der Waals surface area (Å²) in [6.07, 6.45) is 1.73. The minimum Gasteiger partial charge on any atom is -0.467 e. The molecule has 0 saturated carbocycles. The van der Waals surface area contributed by atoms with E-state index >= 15 is 0 Å². The lowest BCUT2D eigenvalue weighted by molar-refractivity contribution is -0.144. The van der Waals surface area contributed by atoms with Gasteiger partial charge in [0.15, 0.2) is 0 Å². The average molecular weight is 211 g/mol. The van der Waals surface area contributed by atoms with Crippen LogP contribution in [-0.2, 0) is 20.7 Å². The molecule has 82 valence electrons. The Hall–Kier alpha value is -1.85. The zero-order chi connectivity index (χ0) is 11.3. The van der Waals surface area contributed by atoms with Crippen molar-refractivity contribution in [1.82, 2.24) is 15.5 Å². The number of aromatic nitrogens is 2. The van der Waals surface area contributed by atoms with Crippen LogP contribution >= 0.6 is 0 Å². The molecule has 2 N–H and O–H groups in total. The summed E-state index contributed by atoms with van der Waals surface area (Å²) < 4.78 is 4.47. The van der Waals surface area contributed by atoms with E-state index in [1.165, 1.54) is 7.11 Å². The third-order valence-electron chi connectivity index (χ3n) is 1.84. The van der Waals surface area contributed by atoms with Gasteiger partial charge in [0.05, 0.1) is 13.5 Å². The number of nitrogens with one attached hydrogen (secondary N) is 2. The van der Waals surface area contributed by atoms with Gasteiger partial charge in [0.25, 0.3) is 0 Å². The number of esters is 1. The van der Waals surface area contributed by atoms with Crippen LogP contribution < -0.4 is 5.32 Å². The third kappa shape index (κ3) is 3.41. The Morgan fingerprint density at radius 2 is 2.40 bits per heavy atom. The number of methoxy groups -OCH3 is 1. The summed E-state index contributed by atoms with van der Waals surface area (Å²) >= 11 is 0. The number of aromatic amines is 1. The summed E-state index contributed by atoms with van der Waals surface area (Å²) in [5.41, 5.74) is 0.699. The Morgan fingerprint density at radius 3 is 2.93 bits per heavy atom. The van der Waals surface area contributed by atoms with E-state index in [-0.39, 0.29) is 12.3 Å². The van der Waals surface area contributed by atoms with Gasteiger partial charge in [-0.25, -0.2) is 4.79 Å². The van der Waals surface area contributed by atoms with Crippen molar-refractivity contribution < 1.29 is 14.3 Å². The van der Waals surface area contributed by atoms with Gasteiger partial charge in [-0.15, -0.1) is 0 Å². The summed E-state index contributed by atoms with van der Waals surface area (Å²) in [4.78, 5) is 22.4. The van der Waals surface area contributed by atoms with E-state index in [1.807, 2.05) is 0 Å². The highest BCUT2D eigenvalue weighted by Crippen LogP contribution is 1.94. The van der Waals surface area contributed by atoms with Gasteiger partial charge in [-0.1, -0.05) is 0 Å². The number of amides is 1. The Bertz CT molecular complexity index is 334. The Labute approximate surface area is 87.0 Å². The van der Waals surface area contributed by atoms with Crippen LogP contribution in [0.5, 0.6) is 0 Å². The zero-order valence-corrected chi connectivity index (χ0v) is 8.61. The molecule has 1 amide bonds. The number of carbonyl (C=O) groups excluding carboxylic acids is 2. The number of nitrogens with zero attached hydrogens (tertiary/aromatic N) is 1. The molecule has 0 aliphatic carbocycles. The SMILES string of the molecule is COC(=O)C(C)NC(=O)Cc1ccn[nH]1. The van der Waals surface area contributed by atoms with Crippen LogP contribution in [0.1, 0.15) is 12.6 Å². The highest BCUT2D eigenvalue weighted by molar-refractivity contribution is 5.85. The highest BCUT2D eigenvalue weighted by atomic mass is 16.5. The van der Waals surface area contributed by atoms with Gasteiger partial charge in [0, 0.05) is 11.9 Å². The molecule has 0 aromatic carbocycles. The summed E-state index contributed by atoms with van der Waals surface area (Å²) in [6, 6.07) is 1.06. The van der Waals surface area contributed by atoms with Crippen LogP contribution in [0.2, 0.25) is 0 Å². The first-order chi connectivity index (χ1) is 7.13. The predicted octanol–water partition coefficient (Wildman–Crippen LogP) is -0.370. The number of H-pyrrole nitrogens is 1. The van der Waals surface area contributed by atoms with E-state index < -0.39 is 12.0 Å². The first kappa shape index (κ1) is 11.2. The predicted molar refractivity (Wildman–Crippen MR) is 51.9 cm³/mol. The second kappa shape index (κ2) is 5.14. The van der Waals surface area contributed by atoms with Crippen molar-refractivity contribution in [3.63, 3.8) is 0 Å². The van der Waals surface area contributed by atoms with Gasteiger partial charge in [-0.2, -0.15) is 5.10 Å². The van der Waals surface area contributed by atoms with Crippen molar-refractivity contribution in [3.05, 3.63) is 18.0 Å². The van der Waals surface area contributed by atoms with Gasteiger partial charge in [0.1, 0.15) is 6.04 Å². The first-order valence-corrected chi connectivity index (χ1v) is 4.49. The molecule has 1 atom stereocenters. The van der Waals surface area contributed by atoms with Crippen LogP contribution in [0.15, 0.2) is 12.3 Å². The molecule has 6 heteroatoms. The van der Waals surface area contributed by atoms with E-state index in [0.29, 0.717) is 5.69 Å². The molecule has 1 unspecified atom stereocenters. The largest absolute Gasteiger partial charge is 0.467 e. The van der Waals surface area contributed by atoms with Gasteiger partial charge in [-0.3, -0.25) is 9.89 Å². The van der Waals surface area contributed by atoms with E-state index in [4.69, 9.17) is 0 Å². The molecule has 0 aliphatic heterocycles. The zero-order valence-electron chi connectivity index (χ0n) is 8.61. The van der Waals surface area contributed by atoms with E-state index in [1.54, 1.807) is 19.2 Å². The fourth-order valence-corrected chi connectivity index (χ4v) is 1.08. The summed E-state index contributed by atoms with van der Waals surface area (Å²) in [5.74, 6) is -0.717. The Morgan fingerprint density at radius 1 is 1.67 bits per heavy atom. The quantitative estimate of drug-likeness (QED) is 0.665. The number of hydrogen-bond donors (Lipinski definition) is 2. The molecule has 1 aromatic rings. The summed E-state index contributed by atoms with van der Waals surface area (Å²) in [7, 11) is 1.28. The first-order valence-electron chi connectivity index (χ1n) is 4.49. The fraction of sp³-hybridized carbons (Fsp3) is 0.444. The maximum Gasteiger partial charge on any atom is 0.328 e. The molecule has 0 radical (unpaired) electrons. The van der Waals surface area contributed by atoms with Crippen molar-refractivity contribution in [2.75, 3.05) is 7.11 Å². The molecule has 0 fully saturated rings. The smallest absolute Gasteiger partial charge is 0.328 e. The molecule has 15 heavy (non-hydrogen) atoms. The van der Waals surface area contributed by atoms with Crippen molar-refractivity contribution in [1.29, 1.82) is 0 Å². The highest BCUT2D eigenvalue weighted by Gasteiger charge is 2.15. The van der Waals surface area contributed by atoms with Crippen molar-refractivity contribution in [2.24, 2.45) is 0 Å². The van der Waals surface area contributed by atoms with Gasteiger partial charge < -0.3 is 10.1 Å². The monoisotopic (exact) mass is 211 g/mol. The molecule has 1 heterocycles. The van der Waals surface area contributed by atoms with E-state index in [2.05, 4.69) is 20.3 Å². The van der Waals surface area contributed by atoms with Crippen LogP contribution in [0.4, 0.5) is 0 Å². The van der Waals surface area contributed by atoms with E-state index in [9.17, 15) is 9.59 Å². The van der Waals surface area contributed by atoms with Gasteiger partial charge in [-0.05, 0) is 13.0 Å². The molecular formula is C9H13N3O3. The number of ether oxygens (including phenoxy) is 1. The van der Waals surface area contributed by atoms with Crippen molar-refractivity contribution in [3.8, 4) is 0 Å². The maximum atomic E-state index is 11.4. The van der Waals surface area contributed by atoms with Gasteiger partial charge in [0.2, 0.25) is 5.91 Å². The molecule has 0 aliphatic rings. The molecular weight excluding hydrogens is 198 g/mol. The van der Waals surface area contributed by atoms with E-state index in [0.717, 1.165) is 0 Å². The summed E-state index contributed by atoms with van der Waals surface area (Å²) in [5, 5.41) is 8.87. The van der Waals surface area contributed by atoms with Crippen LogP contribution in [0, 0.1) is 0 Å². The number of carbonyl (C=O) groups is 2. The van der Waals surface area contributed by atoms with Crippen LogP contribution in [-0.4, -0.2) is 35.2 Å². The van der Waals surface area contributed by atoms with Crippen molar-refractivity contribution >= 4 is 11.9 Å². The van der Waals surface area contributed by atoms with Crippen LogP contribution in [0.25, 0.3) is 0 Å². The number of rotatable bonds is 4. The average Bonchev–Trinajstić information content (AvgIpc) is 2.68. The lowest BCUT2D eigenvalue weighted by atomic mass is 10.2. The minimum absolute atomic E-state index is 0.168. The van der Waals surface area contributed by atoms with Crippen molar-refractivity contribution in [2.45, 2.75) is 19.4 Å². The molecule has 0 spiro atoms. The third-order valence-corrected chi connectivity index (χ3v) is 1.84. The molecule has 1 aromatic heterocycles. The normalized spacial score (nSPS) is 11.9. The topological polar surface area (TPSA) is 84.1 Å². The Kier molecular flexibility index (Phi) is 3.84. The fourth-order valence-electron chi connectivity index (χ4n) is 1.08. The van der Waals surface area contributed by atoms with Crippen LogP contribution in [0.3, 0.4) is 0 Å². The van der Waals surface area contributed by atoms with Gasteiger partial charge >= 0.3 is 5.97 Å². The Balaban J connectivity index is 2.39. The lowest BCUT2D eigenvalue weighted by Gasteiger charge is -2.10.